The minimum absolute atomic E-state index is 0.0242. The maximum Gasteiger partial charge on any atom is 0.308 e. The highest BCUT2D eigenvalue weighted by atomic mass is 16.5. The molecule has 1 fully saturated rings. The van der Waals surface area contributed by atoms with Gasteiger partial charge in [-0.15, -0.1) is 0 Å². The lowest BCUT2D eigenvalue weighted by atomic mass is 9.95. The van der Waals surface area contributed by atoms with Crippen LogP contribution in [0.4, 0.5) is 0 Å². The summed E-state index contributed by atoms with van der Waals surface area (Å²) in [4.78, 5) is 11.7. The van der Waals surface area contributed by atoms with Gasteiger partial charge >= 0.3 is 5.97 Å². The fourth-order valence-electron chi connectivity index (χ4n) is 2.43. The fourth-order valence-corrected chi connectivity index (χ4v) is 2.43. The Morgan fingerprint density at radius 2 is 2.12 bits per heavy atom. The number of esters is 1. The van der Waals surface area contributed by atoms with Crippen LogP contribution in [-0.2, 0) is 9.53 Å². The third-order valence-electron chi connectivity index (χ3n) is 4.26. The van der Waals surface area contributed by atoms with Crippen molar-refractivity contribution in [3.05, 3.63) is 0 Å². The van der Waals surface area contributed by atoms with Crippen LogP contribution in [0.5, 0.6) is 0 Å². The van der Waals surface area contributed by atoms with Crippen molar-refractivity contribution in [3.63, 3.8) is 0 Å². The first-order chi connectivity index (χ1) is 7.91. The maximum atomic E-state index is 11.7. The molecule has 1 aliphatic carbocycles. The van der Waals surface area contributed by atoms with Crippen LogP contribution in [0.3, 0.4) is 0 Å². The van der Waals surface area contributed by atoms with Gasteiger partial charge in [0.1, 0.15) is 6.10 Å². The first-order valence-corrected chi connectivity index (χ1v) is 6.84. The van der Waals surface area contributed by atoms with Gasteiger partial charge in [-0.2, -0.15) is 0 Å². The smallest absolute Gasteiger partial charge is 0.308 e. The lowest BCUT2D eigenvalue weighted by molar-refractivity contribution is -0.155. The van der Waals surface area contributed by atoms with Gasteiger partial charge in [-0.05, 0) is 44.9 Å². The van der Waals surface area contributed by atoms with E-state index >= 15 is 0 Å². The van der Waals surface area contributed by atoms with Crippen LogP contribution in [0.1, 0.15) is 59.8 Å². The molecule has 1 aliphatic rings. The maximum absolute atomic E-state index is 11.7. The van der Waals surface area contributed by atoms with Crippen molar-refractivity contribution >= 4 is 5.97 Å². The van der Waals surface area contributed by atoms with Crippen LogP contribution >= 0.6 is 0 Å². The SMILES string of the molecule is CCC(C)C(=O)OC(C)C1CCC(O)(CC)C1. The topological polar surface area (TPSA) is 46.5 Å². The lowest BCUT2D eigenvalue weighted by Crippen LogP contribution is -2.29. The molecule has 3 heteroatoms. The van der Waals surface area contributed by atoms with Crippen molar-refractivity contribution in [2.75, 3.05) is 0 Å². The number of carbonyl (C=O) groups excluding carboxylic acids is 1. The molecule has 0 aromatic rings. The molecule has 0 bridgehead atoms. The lowest BCUT2D eigenvalue weighted by Gasteiger charge is -2.24. The summed E-state index contributed by atoms with van der Waals surface area (Å²) in [6, 6.07) is 0. The Bertz CT molecular complexity index is 264. The molecule has 17 heavy (non-hydrogen) atoms. The summed E-state index contributed by atoms with van der Waals surface area (Å²) < 4.78 is 5.47. The van der Waals surface area contributed by atoms with Crippen molar-refractivity contribution in [1.82, 2.24) is 0 Å². The summed E-state index contributed by atoms with van der Waals surface area (Å²) in [5.41, 5.74) is -0.526. The van der Waals surface area contributed by atoms with Gasteiger partial charge < -0.3 is 9.84 Å². The van der Waals surface area contributed by atoms with Gasteiger partial charge in [0.05, 0.1) is 11.5 Å². The Hall–Kier alpha value is -0.570. The summed E-state index contributed by atoms with van der Waals surface area (Å²) >= 11 is 0. The van der Waals surface area contributed by atoms with Gasteiger partial charge in [0, 0.05) is 0 Å². The van der Waals surface area contributed by atoms with E-state index in [-0.39, 0.29) is 18.0 Å². The minimum atomic E-state index is -0.526. The van der Waals surface area contributed by atoms with Gasteiger partial charge in [0.25, 0.3) is 0 Å². The van der Waals surface area contributed by atoms with Crippen LogP contribution < -0.4 is 0 Å². The van der Waals surface area contributed by atoms with Crippen LogP contribution in [-0.4, -0.2) is 22.8 Å². The molecule has 1 saturated carbocycles. The normalized spacial score (nSPS) is 32.2. The zero-order chi connectivity index (χ0) is 13.1. The van der Waals surface area contributed by atoms with E-state index in [0.717, 1.165) is 32.1 Å². The van der Waals surface area contributed by atoms with Crippen LogP contribution in [0, 0.1) is 11.8 Å². The average molecular weight is 242 g/mol. The van der Waals surface area contributed by atoms with E-state index < -0.39 is 5.60 Å². The van der Waals surface area contributed by atoms with Crippen molar-refractivity contribution in [2.45, 2.75) is 71.5 Å². The average Bonchev–Trinajstić information content (AvgIpc) is 2.71. The summed E-state index contributed by atoms with van der Waals surface area (Å²) in [7, 11) is 0. The molecule has 0 radical (unpaired) electrons. The van der Waals surface area contributed by atoms with Crippen molar-refractivity contribution in [3.8, 4) is 0 Å². The van der Waals surface area contributed by atoms with Gasteiger partial charge in [-0.1, -0.05) is 20.8 Å². The van der Waals surface area contributed by atoms with Crippen molar-refractivity contribution < 1.29 is 14.6 Å². The molecule has 1 rings (SSSR count). The predicted molar refractivity (Wildman–Crippen MR) is 67.6 cm³/mol. The largest absolute Gasteiger partial charge is 0.462 e. The van der Waals surface area contributed by atoms with E-state index in [1.807, 2.05) is 27.7 Å². The van der Waals surface area contributed by atoms with E-state index in [2.05, 4.69) is 0 Å². The molecule has 0 aromatic heterocycles. The van der Waals surface area contributed by atoms with Gasteiger partial charge in [0.15, 0.2) is 0 Å². The van der Waals surface area contributed by atoms with E-state index in [1.54, 1.807) is 0 Å². The number of hydrogen-bond acceptors (Lipinski definition) is 3. The Balaban J connectivity index is 2.44. The van der Waals surface area contributed by atoms with Gasteiger partial charge in [-0.25, -0.2) is 0 Å². The Labute approximate surface area is 105 Å². The molecule has 0 saturated heterocycles. The second kappa shape index (κ2) is 5.85. The molecule has 0 amide bonds. The van der Waals surface area contributed by atoms with Crippen LogP contribution in [0.25, 0.3) is 0 Å². The Morgan fingerprint density at radius 3 is 2.59 bits per heavy atom. The predicted octanol–water partition coefficient (Wildman–Crippen LogP) is 2.91. The molecule has 0 aromatic carbocycles. The second-order valence-electron chi connectivity index (χ2n) is 5.53. The highest BCUT2D eigenvalue weighted by molar-refractivity contribution is 5.72. The summed E-state index contributed by atoms with van der Waals surface area (Å²) in [6.45, 7) is 7.85. The molecule has 0 heterocycles. The number of aliphatic hydroxyl groups is 1. The van der Waals surface area contributed by atoms with E-state index in [4.69, 9.17) is 4.74 Å². The first kappa shape index (κ1) is 14.5. The molecule has 0 spiro atoms. The molecule has 1 N–H and O–H groups in total. The van der Waals surface area contributed by atoms with Gasteiger partial charge in [0.2, 0.25) is 0 Å². The number of carbonyl (C=O) groups is 1. The third-order valence-corrected chi connectivity index (χ3v) is 4.26. The van der Waals surface area contributed by atoms with E-state index in [1.165, 1.54) is 0 Å². The fraction of sp³-hybridized carbons (Fsp3) is 0.929. The van der Waals surface area contributed by atoms with Gasteiger partial charge in [-0.3, -0.25) is 4.79 Å². The molecule has 4 unspecified atom stereocenters. The van der Waals surface area contributed by atoms with Crippen LogP contribution in [0.2, 0.25) is 0 Å². The highest BCUT2D eigenvalue weighted by Gasteiger charge is 2.39. The minimum Gasteiger partial charge on any atom is -0.462 e. The number of hydrogen-bond donors (Lipinski definition) is 1. The molecular weight excluding hydrogens is 216 g/mol. The number of ether oxygens (including phenoxy) is 1. The standard InChI is InChI=1S/C14H26O3/c1-5-10(3)13(15)17-11(4)12-7-8-14(16,6-2)9-12/h10-12,16H,5-9H2,1-4H3. The summed E-state index contributed by atoms with van der Waals surface area (Å²) in [5.74, 6) is 0.184. The van der Waals surface area contributed by atoms with Crippen molar-refractivity contribution in [2.24, 2.45) is 11.8 Å². The first-order valence-electron chi connectivity index (χ1n) is 6.84. The van der Waals surface area contributed by atoms with E-state index in [0.29, 0.717) is 5.92 Å². The summed E-state index contributed by atoms with van der Waals surface area (Å²) in [5, 5.41) is 10.2. The third kappa shape index (κ3) is 3.70. The summed E-state index contributed by atoms with van der Waals surface area (Å²) in [6.07, 6.45) is 4.08. The molecule has 4 atom stereocenters. The van der Waals surface area contributed by atoms with Crippen LogP contribution in [0.15, 0.2) is 0 Å². The zero-order valence-electron chi connectivity index (χ0n) is 11.5. The molecule has 100 valence electrons. The van der Waals surface area contributed by atoms with Crippen molar-refractivity contribution in [1.29, 1.82) is 0 Å². The highest BCUT2D eigenvalue weighted by Crippen LogP contribution is 2.39. The molecule has 0 aliphatic heterocycles. The second-order valence-corrected chi connectivity index (χ2v) is 5.53. The quantitative estimate of drug-likeness (QED) is 0.754. The Kier molecular flexibility index (Phi) is 4.99. The molecule has 3 nitrogen and oxygen atoms in total. The molecular formula is C14H26O3. The zero-order valence-corrected chi connectivity index (χ0v) is 11.5. The Morgan fingerprint density at radius 1 is 1.47 bits per heavy atom. The monoisotopic (exact) mass is 242 g/mol. The number of rotatable bonds is 5. The van der Waals surface area contributed by atoms with E-state index in [9.17, 15) is 9.90 Å².